The Hall–Kier alpha value is -1.94. The van der Waals surface area contributed by atoms with Crippen LogP contribution in [-0.2, 0) is 65.4 Å². The Kier molecular flexibility index (Phi) is 68.7. The summed E-state index contributed by atoms with van der Waals surface area (Å²) in [5, 5.41) is 10.6. The molecule has 0 aromatic carbocycles. The fraction of sp³-hybridized carbons (Fsp3) is 0.948. The van der Waals surface area contributed by atoms with Crippen LogP contribution in [0.1, 0.15) is 407 Å². The van der Waals surface area contributed by atoms with Crippen LogP contribution in [0.2, 0.25) is 0 Å². The molecular weight excluding hydrogens is 1260 g/mol. The molecule has 0 saturated carbocycles. The molecule has 0 amide bonds. The van der Waals surface area contributed by atoms with Crippen LogP contribution in [0.15, 0.2) is 0 Å². The summed E-state index contributed by atoms with van der Waals surface area (Å²) in [5.41, 5.74) is 0. The summed E-state index contributed by atoms with van der Waals surface area (Å²) in [5.74, 6) is -1.32. The minimum Gasteiger partial charge on any atom is -0.462 e. The molecule has 0 spiro atoms. The van der Waals surface area contributed by atoms with Crippen molar-refractivity contribution in [3.05, 3.63) is 0 Å². The molecule has 0 heterocycles. The predicted octanol–water partition coefficient (Wildman–Crippen LogP) is 22.9. The van der Waals surface area contributed by atoms with E-state index in [1.165, 1.54) is 225 Å². The Balaban J connectivity index is 5.21. The Morgan fingerprint density at radius 3 is 0.708 bits per heavy atom. The maximum Gasteiger partial charge on any atom is 0.472 e. The number of aliphatic hydroxyl groups excluding tert-OH is 1. The molecule has 0 aromatic rings. The Morgan fingerprint density at radius 2 is 0.479 bits per heavy atom. The summed E-state index contributed by atoms with van der Waals surface area (Å²) in [6.07, 6.45) is 59.6. The van der Waals surface area contributed by atoms with Crippen molar-refractivity contribution in [1.29, 1.82) is 0 Å². The number of carbonyl (C=O) groups excluding carboxylic acids is 4. The van der Waals surface area contributed by atoms with Gasteiger partial charge in [-0.25, -0.2) is 9.13 Å². The summed E-state index contributed by atoms with van der Waals surface area (Å²) in [6, 6.07) is 0. The van der Waals surface area contributed by atoms with E-state index < -0.39 is 97.5 Å². The van der Waals surface area contributed by atoms with Crippen LogP contribution in [0.25, 0.3) is 0 Å². The maximum atomic E-state index is 13.1. The van der Waals surface area contributed by atoms with Crippen LogP contribution in [-0.4, -0.2) is 96.7 Å². The molecule has 96 heavy (non-hydrogen) atoms. The van der Waals surface area contributed by atoms with Crippen molar-refractivity contribution < 1.29 is 80.2 Å². The first kappa shape index (κ1) is 94.1. The molecule has 0 aromatic heterocycles. The average Bonchev–Trinajstić information content (AvgIpc) is 1.95. The molecule has 5 atom stereocenters. The average molecular weight is 1410 g/mol. The van der Waals surface area contributed by atoms with Crippen LogP contribution in [0, 0.1) is 5.92 Å². The molecule has 0 aliphatic carbocycles. The van der Waals surface area contributed by atoms with Crippen molar-refractivity contribution in [2.24, 2.45) is 5.92 Å². The second-order valence-electron chi connectivity index (χ2n) is 28.2. The van der Waals surface area contributed by atoms with E-state index in [1.54, 1.807) is 0 Å². The van der Waals surface area contributed by atoms with E-state index >= 15 is 0 Å². The number of unbranched alkanes of at least 4 members (excludes halogenated alkanes) is 49. The fourth-order valence-corrected chi connectivity index (χ4v) is 13.5. The van der Waals surface area contributed by atoms with Gasteiger partial charge >= 0.3 is 39.5 Å². The number of ether oxygens (including phenoxy) is 4. The minimum atomic E-state index is -4.96. The van der Waals surface area contributed by atoms with Crippen LogP contribution < -0.4 is 0 Å². The van der Waals surface area contributed by atoms with E-state index in [0.717, 1.165) is 102 Å². The molecule has 3 N–H and O–H groups in total. The van der Waals surface area contributed by atoms with Crippen LogP contribution in [0.5, 0.6) is 0 Å². The van der Waals surface area contributed by atoms with Gasteiger partial charge in [-0.2, -0.15) is 0 Å². The van der Waals surface area contributed by atoms with Crippen molar-refractivity contribution in [1.82, 2.24) is 0 Å². The zero-order valence-electron chi connectivity index (χ0n) is 62.5. The highest BCUT2D eigenvalue weighted by Gasteiger charge is 2.30. The SMILES string of the molecule is CCCCCCCCCCCCCCCCCCCCC(=O)O[C@H](COC(=O)CCCCCCCCCCCCCCCC(C)C)COP(=O)(O)OC[C@@H](O)COP(=O)(O)OC[C@@H](COC(=O)CCCCCCCCCC)OC(=O)CCCCCCCCCCCCCCCC. The molecule has 17 nitrogen and oxygen atoms in total. The van der Waals surface area contributed by atoms with Crippen LogP contribution in [0.4, 0.5) is 0 Å². The number of hydrogen-bond donors (Lipinski definition) is 3. The van der Waals surface area contributed by atoms with Crippen molar-refractivity contribution >= 4 is 39.5 Å². The third-order valence-corrected chi connectivity index (χ3v) is 19.9. The van der Waals surface area contributed by atoms with E-state index in [9.17, 15) is 43.2 Å². The van der Waals surface area contributed by atoms with Crippen molar-refractivity contribution in [3.8, 4) is 0 Å². The van der Waals surface area contributed by atoms with Crippen molar-refractivity contribution in [2.45, 2.75) is 425 Å². The van der Waals surface area contributed by atoms with Gasteiger partial charge in [-0.05, 0) is 31.6 Å². The lowest BCUT2D eigenvalue weighted by molar-refractivity contribution is -0.161. The van der Waals surface area contributed by atoms with Crippen molar-refractivity contribution in [3.63, 3.8) is 0 Å². The summed E-state index contributed by atoms with van der Waals surface area (Å²) in [6.45, 7) is 7.30. The molecule has 0 bridgehead atoms. The van der Waals surface area contributed by atoms with Gasteiger partial charge in [0.05, 0.1) is 26.4 Å². The zero-order chi connectivity index (χ0) is 70.5. The molecule has 2 unspecified atom stereocenters. The predicted molar refractivity (Wildman–Crippen MR) is 391 cm³/mol. The van der Waals surface area contributed by atoms with E-state index in [0.29, 0.717) is 25.7 Å². The van der Waals surface area contributed by atoms with E-state index in [1.807, 2.05) is 0 Å². The second kappa shape index (κ2) is 70.1. The first-order valence-electron chi connectivity index (χ1n) is 40.1. The number of rotatable bonds is 77. The number of phosphoric ester groups is 2. The van der Waals surface area contributed by atoms with E-state index in [4.69, 9.17) is 37.0 Å². The third kappa shape index (κ3) is 70.5. The molecular formula is C77H150O17P2. The highest BCUT2D eigenvalue weighted by molar-refractivity contribution is 7.47. The van der Waals surface area contributed by atoms with Gasteiger partial charge in [-0.15, -0.1) is 0 Å². The number of phosphoric acid groups is 2. The van der Waals surface area contributed by atoms with Gasteiger partial charge in [0.15, 0.2) is 12.2 Å². The number of aliphatic hydroxyl groups is 1. The van der Waals surface area contributed by atoms with Gasteiger partial charge in [-0.3, -0.25) is 37.3 Å². The molecule has 0 radical (unpaired) electrons. The monoisotopic (exact) mass is 1410 g/mol. The number of hydrogen-bond acceptors (Lipinski definition) is 15. The lowest BCUT2D eigenvalue weighted by Gasteiger charge is -2.21. The molecule has 0 aliphatic heterocycles. The van der Waals surface area contributed by atoms with Gasteiger partial charge < -0.3 is 33.8 Å². The van der Waals surface area contributed by atoms with Crippen LogP contribution in [0.3, 0.4) is 0 Å². The fourth-order valence-electron chi connectivity index (χ4n) is 11.9. The Bertz CT molecular complexity index is 1840. The normalized spacial score (nSPS) is 13.9. The summed E-state index contributed by atoms with van der Waals surface area (Å²) in [4.78, 5) is 72.8. The maximum absolute atomic E-state index is 13.1. The van der Waals surface area contributed by atoms with Gasteiger partial charge in [-0.1, -0.05) is 356 Å². The van der Waals surface area contributed by atoms with Gasteiger partial charge in [0, 0.05) is 25.7 Å². The number of esters is 4. The third-order valence-electron chi connectivity index (χ3n) is 18.0. The molecule has 0 aliphatic rings. The largest absolute Gasteiger partial charge is 0.472 e. The highest BCUT2D eigenvalue weighted by Crippen LogP contribution is 2.45. The lowest BCUT2D eigenvalue weighted by atomic mass is 10.0. The molecule has 0 rings (SSSR count). The molecule has 0 saturated heterocycles. The zero-order valence-corrected chi connectivity index (χ0v) is 64.3. The quantitative estimate of drug-likeness (QED) is 0.0222. The van der Waals surface area contributed by atoms with E-state index in [2.05, 4.69) is 34.6 Å². The number of carbonyl (C=O) groups is 4. The standard InChI is InChI=1S/C77H150O17P2/c1-6-9-12-15-18-21-23-25-27-28-29-30-34-39-43-48-53-58-63-77(82)94-73(67-88-75(80)61-56-51-46-41-37-35-31-32-36-40-44-49-54-59-70(4)5)69-92-96(85,86)90-65-71(78)64-89-95(83,84)91-68-72(66-87-74(79)60-55-50-45-20-17-14-11-8-3)93-76(81)62-57-52-47-42-38-33-26-24-22-19-16-13-10-7-2/h70-73,78H,6-69H2,1-5H3,(H,83,84)(H,85,86)/t71-,72+,73+/m0/s1. The Labute approximate surface area is 588 Å². The Morgan fingerprint density at radius 1 is 0.281 bits per heavy atom. The minimum absolute atomic E-state index is 0.108. The summed E-state index contributed by atoms with van der Waals surface area (Å²) < 4.78 is 68.5. The van der Waals surface area contributed by atoms with Crippen molar-refractivity contribution in [2.75, 3.05) is 39.6 Å². The molecule has 19 heteroatoms. The van der Waals surface area contributed by atoms with Crippen LogP contribution >= 0.6 is 15.6 Å². The summed E-state index contributed by atoms with van der Waals surface area (Å²) in [7, 11) is -9.91. The summed E-state index contributed by atoms with van der Waals surface area (Å²) >= 11 is 0. The van der Waals surface area contributed by atoms with Gasteiger partial charge in [0.25, 0.3) is 0 Å². The lowest BCUT2D eigenvalue weighted by Crippen LogP contribution is -2.30. The van der Waals surface area contributed by atoms with E-state index in [-0.39, 0.29) is 25.7 Å². The first-order chi connectivity index (χ1) is 46.5. The second-order valence-corrected chi connectivity index (χ2v) is 31.1. The smallest absolute Gasteiger partial charge is 0.462 e. The first-order valence-corrected chi connectivity index (χ1v) is 43.1. The van der Waals surface area contributed by atoms with Gasteiger partial charge in [0.2, 0.25) is 0 Å². The topological polar surface area (TPSA) is 237 Å². The van der Waals surface area contributed by atoms with Gasteiger partial charge in [0.1, 0.15) is 19.3 Å². The molecule has 0 fully saturated rings. The molecule has 570 valence electrons. The highest BCUT2D eigenvalue weighted by atomic mass is 31.2.